The molecule has 3 heterocycles. The van der Waals surface area contributed by atoms with Crippen molar-refractivity contribution in [2.24, 2.45) is 0 Å². The van der Waals surface area contributed by atoms with E-state index in [1.165, 1.54) is 11.2 Å². The lowest BCUT2D eigenvalue weighted by atomic mass is 9.91. The van der Waals surface area contributed by atoms with Crippen LogP contribution in [0.15, 0.2) is 29.9 Å². The van der Waals surface area contributed by atoms with E-state index in [-0.39, 0.29) is 5.41 Å². The van der Waals surface area contributed by atoms with Crippen molar-refractivity contribution in [3.8, 4) is 0 Å². The number of nitrogens with zero attached hydrogens (tertiary/aromatic N) is 4. The molecule has 7 heteroatoms. The predicted molar refractivity (Wildman–Crippen MR) is 81.6 cm³/mol. The maximum Gasteiger partial charge on any atom is 0.255 e. The molecule has 0 fully saturated rings. The fourth-order valence-electron chi connectivity index (χ4n) is 1.97. The number of halogens is 1. The number of thiophene rings is 1. The van der Waals surface area contributed by atoms with Gasteiger partial charge in [0.25, 0.3) is 5.78 Å². The van der Waals surface area contributed by atoms with E-state index in [0.29, 0.717) is 10.9 Å². The molecule has 0 aliphatic rings. The topological polar surface area (TPSA) is 55.1 Å². The largest absolute Gasteiger partial charge is 0.369 e. The summed E-state index contributed by atoms with van der Waals surface area (Å²) in [7, 11) is 0. The zero-order valence-electron chi connectivity index (χ0n) is 11.2. The third-order valence-corrected chi connectivity index (χ3v) is 4.55. The Morgan fingerprint density at radius 1 is 1.45 bits per heavy atom. The summed E-state index contributed by atoms with van der Waals surface area (Å²) in [5.74, 6) is 1.29. The van der Waals surface area contributed by atoms with E-state index in [1.807, 2.05) is 0 Å². The van der Waals surface area contributed by atoms with E-state index in [1.54, 1.807) is 21.9 Å². The Morgan fingerprint density at radius 2 is 2.30 bits per heavy atom. The summed E-state index contributed by atoms with van der Waals surface area (Å²) < 4.78 is 1.65. The smallest absolute Gasteiger partial charge is 0.255 e. The maximum absolute atomic E-state index is 6.00. The second-order valence-electron chi connectivity index (χ2n) is 5.15. The van der Waals surface area contributed by atoms with Crippen LogP contribution in [-0.2, 0) is 5.41 Å². The van der Waals surface area contributed by atoms with Gasteiger partial charge in [0.2, 0.25) is 0 Å². The van der Waals surface area contributed by atoms with Crippen LogP contribution >= 0.6 is 22.9 Å². The molecule has 0 radical (unpaired) electrons. The van der Waals surface area contributed by atoms with E-state index in [2.05, 4.69) is 51.7 Å². The summed E-state index contributed by atoms with van der Waals surface area (Å²) in [6.07, 6.45) is 1.47. The van der Waals surface area contributed by atoms with Crippen molar-refractivity contribution in [1.29, 1.82) is 0 Å². The number of rotatable bonds is 4. The van der Waals surface area contributed by atoms with Crippen molar-refractivity contribution in [3.63, 3.8) is 0 Å². The summed E-state index contributed by atoms with van der Waals surface area (Å²) in [4.78, 5) is 9.49. The Hall–Kier alpha value is -1.66. The Morgan fingerprint density at radius 3 is 3.05 bits per heavy atom. The van der Waals surface area contributed by atoms with Gasteiger partial charge >= 0.3 is 0 Å². The molecule has 0 saturated carbocycles. The predicted octanol–water partition coefficient (Wildman–Crippen LogP) is 3.23. The van der Waals surface area contributed by atoms with Crippen LogP contribution in [-0.4, -0.2) is 26.1 Å². The van der Waals surface area contributed by atoms with E-state index in [9.17, 15) is 0 Å². The molecule has 0 saturated heterocycles. The minimum absolute atomic E-state index is 0.0246. The Kier molecular flexibility index (Phi) is 3.35. The summed E-state index contributed by atoms with van der Waals surface area (Å²) in [5.41, 5.74) is 0.0246. The van der Waals surface area contributed by atoms with Crippen LogP contribution in [0.3, 0.4) is 0 Å². The van der Waals surface area contributed by atoms with Gasteiger partial charge in [-0.25, -0.2) is 0 Å². The maximum atomic E-state index is 6.00. The van der Waals surface area contributed by atoms with Crippen LogP contribution in [0.1, 0.15) is 18.7 Å². The highest BCUT2D eigenvalue weighted by Crippen LogP contribution is 2.28. The molecule has 3 rings (SSSR count). The summed E-state index contributed by atoms with van der Waals surface area (Å²) in [6.45, 7) is 5.17. The Bertz CT molecular complexity index is 720. The summed E-state index contributed by atoms with van der Waals surface area (Å²) >= 11 is 7.76. The Labute approximate surface area is 125 Å². The van der Waals surface area contributed by atoms with Crippen molar-refractivity contribution < 1.29 is 0 Å². The van der Waals surface area contributed by atoms with Crippen molar-refractivity contribution >= 4 is 34.5 Å². The average Bonchev–Trinajstić information content (AvgIpc) is 3.06. The van der Waals surface area contributed by atoms with Crippen molar-refractivity contribution in [2.45, 2.75) is 19.3 Å². The molecule has 3 aromatic heterocycles. The number of anilines is 1. The van der Waals surface area contributed by atoms with Gasteiger partial charge in [-0.1, -0.05) is 31.5 Å². The first-order valence-electron chi connectivity index (χ1n) is 6.20. The van der Waals surface area contributed by atoms with Crippen molar-refractivity contribution in [2.75, 3.05) is 11.9 Å². The number of nitrogens with one attached hydrogen (secondary N) is 1. The molecule has 0 bridgehead atoms. The van der Waals surface area contributed by atoms with Crippen LogP contribution in [0.2, 0.25) is 5.15 Å². The fraction of sp³-hybridized carbons (Fsp3) is 0.308. The quantitative estimate of drug-likeness (QED) is 0.752. The minimum Gasteiger partial charge on any atom is -0.369 e. The van der Waals surface area contributed by atoms with Crippen molar-refractivity contribution in [3.05, 3.63) is 39.9 Å². The molecule has 3 aromatic rings. The van der Waals surface area contributed by atoms with Gasteiger partial charge in [0.1, 0.15) is 17.3 Å². The van der Waals surface area contributed by atoms with Crippen LogP contribution < -0.4 is 5.32 Å². The highest BCUT2D eigenvalue weighted by Gasteiger charge is 2.22. The van der Waals surface area contributed by atoms with Crippen LogP contribution in [0.5, 0.6) is 0 Å². The molecule has 0 spiro atoms. The van der Waals surface area contributed by atoms with E-state index in [4.69, 9.17) is 11.6 Å². The zero-order chi connectivity index (χ0) is 14.2. The second-order valence-corrected chi connectivity index (χ2v) is 6.49. The van der Waals surface area contributed by atoms with Gasteiger partial charge in [-0.05, 0) is 11.4 Å². The summed E-state index contributed by atoms with van der Waals surface area (Å²) in [6, 6.07) is 5.98. The van der Waals surface area contributed by atoms with Gasteiger partial charge in [-0.3, -0.25) is 0 Å². The lowest BCUT2D eigenvalue weighted by Gasteiger charge is -2.24. The van der Waals surface area contributed by atoms with E-state index >= 15 is 0 Å². The number of hydrogen-bond acceptors (Lipinski definition) is 5. The first-order chi connectivity index (χ1) is 9.56. The fourth-order valence-corrected chi connectivity index (χ4v) is 3.00. The molecular weight excluding hydrogens is 294 g/mol. The SMILES string of the molecule is CC(C)(CNc1cc(Cl)nc2ncnn12)c1cccs1. The van der Waals surface area contributed by atoms with Crippen molar-refractivity contribution in [1.82, 2.24) is 19.6 Å². The van der Waals surface area contributed by atoms with E-state index < -0.39 is 0 Å². The molecule has 0 amide bonds. The highest BCUT2D eigenvalue weighted by atomic mass is 35.5. The first kappa shape index (κ1) is 13.3. The normalized spacial score (nSPS) is 11.9. The zero-order valence-corrected chi connectivity index (χ0v) is 12.7. The lowest BCUT2D eigenvalue weighted by Crippen LogP contribution is -2.27. The lowest BCUT2D eigenvalue weighted by molar-refractivity contribution is 0.567. The van der Waals surface area contributed by atoms with Crippen LogP contribution in [0.25, 0.3) is 5.78 Å². The molecule has 20 heavy (non-hydrogen) atoms. The van der Waals surface area contributed by atoms with Gasteiger partial charge in [0.05, 0.1) is 0 Å². The standard InChI is InChI=1S/C13H14ClN5S/c1-13(2,9-4-3-5-20-9)7-15-11-6-10(14)18-12-16-8-17-19(11)12/h3-6,8,15H,7H2,1-2H3. The van der Waals surface area contributed by atoms with E-state index in [0.717, 1.165) is 12.4 Å². The number of fused-ring (bicyclic) bond motifs is 1. The van der Waals surface area contributed by atoms with Gasteiger partial charge in [0, 0.05) is 22.9 Å². The highest BCUT2D eigenvalue weighted by molar-refractivity contribution is 7.10. The van der Waals surface area contributed by atoms with Gasteiger partial charge in [0.15, 0.2) is 0 Å². The van der Waals surface area contributed by atoms with Crippen LogP contribution in [0.4, 0.5) is 5.82 Å². The van der Waals surface area contributed by atoms with Gasteiger partial charge in [-0.2, -0.15) is 19.6 Å². The number of hydrogen-bond donors (Lipinski definition) is 1. The molecule has 0 aliphatic heterocycles. The monoisotopic (exact) mass is 307 g/mol. The van der Waals surface area contributed by atoms with Gasteiger partial charge < -0.3 is 5.32 Å². The minimum atomic E-state index is 0.0246. The van der Waals surface area contributed by atoms with Crippen LogP contribution in [0, 0.1) is 0 Å². The third kappa shape index (κ3) is 2.48. The molecule has 5 nitrogen and oxygen atoms in total. The second kappa shape index (κ2) is 5.03. The van der Waals surface area contributed by atoms with Gasteiger partial charge in [-0.15, -0.1) is 11.3 Å². The first-order valence-corrected chi connectivity index (χ1v) is 7.46. The number of aromatic nitrogens is 4. The molecule has 104 valence electrons. The average molecular weight is 308 g/mol. The molecular formula is C13H14ClN5S. The molecule has 1 N–H and O–H groups in total. The molecule has 0 aromatic carbocycles. The third-order valence-electron chi connectivity index (χ3n) is 3.12. The molecule has 0 atom stereocenters. The molecule has 0 aliphatic carbocycles. The Balaban J connectivity index is 1.85. The molecule has 0 unspecified atom stereocenters. The summed E-state index contributed by atoms with van der Waals surface area (Å²) in [5, 5.41) is 10.0.